The number of Topliss-reactive ketones (excluding diaryl/α,β-unsaturated/α-hetero) is 1. The molecule has 41 heavy (non-hydrogen) atoms. The number of carbonyl (C=O) groups is 4. The predicted octanol–water partition coefficient (Wildman–Crippen LogP) is 4.35. The highest BCUT2D eigenvalue weighted by molar-refractivity contribution is 6.01. The van der Waals surface area contributed by atoms with E-state index in [0.29, 0.717) is 48.2 Å². The molecule has 9 nitrogen and oxygen atoms in total. The van der Waals surface area contributed by atoms with Gasteiger partial charge in [-0.3, -0.25) is 14.4 Å². The molecule has 1 aliphatic rings. The number of anilines is 2. The Balaban J connectivity index is 1.40. The molecule has 2 atom stereocenters. The van der Waals surface area contributed by atoms with Gasteiger partial charge in [0.15, 0.2) is 5.78 Å². The second-order valence-electron chi connectivity index (χ2n) is 10.6. The highest BCUT2D eigenvalue weighted by Gasteiger charge is 2.31. The molecule has 0 aliphatic carbocycles. The molecular weight excluding hydrogens is 520 g/mol. The number of hydrogen-bond donors (Lipinski definition) is 3. The number of nitrogens with one attached hydrogen (secondary N) is 2. The van der Waals surface area contributed by atoms with Gasteiger partial charge in [-0.05, 0) is 85.8 Å². The van der Waals surface area contributed by atoms with Gasteiger partial charge in [0.2, 0.25) is 5.91 Å². The number of pyridine rings is 1. The van der Waals surface area contributed by atoms with Crippen molar-refractivity contribution in [3.8, 4) is 0 Å². The molecule has 2 heterocycles. The van der Waals surface area contributed by atoms with Crippen LogP contribution in [0.25, 0.3) is 0 Å². The Morgan fingerprint density at radius 3 is 2.46 bits per heavy atom. The van der Waals surface area contributed by atoms with Crippen LogP contribution in [0.1, 0.15) is 63.2 Å². The van der Waals surface area contributed by atoms with Crippen LogP contribution in [0.5, 0.6) is 0 Å². The summed E-state index contributed by atoms with van der Waals surface area (Å²) >= 11 is 0. The first-order chi connectivity index (χ1) is 19.5. The third-order valence-corrected chi connectivity index (χ3v) is 7.42. The van der Waals surface area contributed by atoms with Crippen molar-refractivity contribution < 1.29 is 24.3 Å². The summed E-state index contributed by atoms with van der Waals surface area (Å²) in [6.45, 7) is 8.31. The molecule has 0 saturated carbocycles. The minimum absolute atomic E-state index is 0.0373. The summed E-state index contributed by atoms with van der Waals surface area (Å²) in [6.07, 6.45) is 2.79. The summed E-state index contributed by atoms with van der Waals surface area (Å²) in [4.78, 5) is 55.9. The van der Waals surface area contributed by atoms with Crippen LogP contribution in [0.4, 0.5) is 11.5 Å². The fraction of sp³-hybridized carbons (Fsp3) is 0.344. The number of aryl methyl sites for hydroxylation is 3. The van der Waals surface area contributed by atoms with Gasteiger partial charge in [0, 0.05) is 54.9 Å². The first kappa shape index (κ1) is 29.5. The molecule has 1 saturated heterocycles. The van der Waals surface area contributed by atoms with Crippen LogP contribution < -0.4 is 15.5 Å². The van der Waals surface area contributed by atoms with Gasteiger partial charge in [-0.15, -0.1) is 0 Å². The largest absolute Gasteiger partial charge is 0.480 e. The molecule has 0 spiro atoms. The molecule has 2 amide bonds. The fourth-order valence-electron chi connectivity index (χ4n) is 5.19. The molecule has 9 heteroatoms. The lowest BCUT2D eigenvalue weighted by Crippen LogP contribution is -2.42. The van der Waals surface area contributed by atoms with E-state index in [2.05, 4.69) is 15.6 Å². The number of rotatable bonds is 11. The van der Waals surface area contributed by atoms with Crippen molar-refractivity contribution in [2.45, 2.75) is 53.0 Å². The molecule has 1 aromatic heterocycles. The SMILES string of the molecule is CCc1cc(C(C)=O)cc(C)c1C(=O)NC(Cc1ccc(N2CC(CNc3cc(C)ccn3)CC2=O)cc1)C(=O)O. The van der Waals surface area contributed by atoms with Gasteiger partial charge in [0.25, 0.3) is 5.91 Å². The maximum absolute atomic E-state index is 13.2. The third-order valence-electron chi connectivity index (χ3n) is 7.42. The molecule has 2 aromatic carbocycles. The van der Waals surface area contributed by atoms with Crippen molar-refractivity contribution in [3.63, 3.8) is 0 Å². The minimum atomic E-state index is -1.15. The Hall–Kier alpha value is -4.53. The topological polar surface area (TPSA) is 129 Å². The van der Waals surface area contributed by atoms with E-state index in [4.69, 9.17) is 0 Å². The lowest BCUT2D eigenvalue weighted by atomic mass is 9.94. The van der Waals surface area contributed by atoms with E-state index < -0.39 is 17.9 Å². The van der Waals surface area contributed by atoms with Gasteiger partial charge in [0.05, 0.1) is 0 Å². The second-order valence-corrected chi connectivity index (χ2v) is 10.6. The monoisotopic (exact) mass is 556 g/mol. The van der Waals surface area contributed by atoms with E-state index in [9.17, 15) is 24.3 Å². The number of hydrogen-bond acceptors (Lipinski definition) is 6. The normalized spacial score (nSPS) is 15.5. The van der Waals surface area contributed by atoms with Crippen LogP contribution in [0, 0.1) is 19.8 Å². The quantitative estimate of drug-likeness (QED) is 0.300. The summed E-state index contributed by atoms with van der Waals surface area (Å²) in [6, 6.07) is 13.3. The number of amides is 2. The number of carboxylic acid groups (broad SMARTS) is 1. The zero-order chi connectivity index (χ0) is 29.7. The average molecular weight is 557 g/mol. The van der Waals surface area contributed by atoms with Gasteiger partial charge in [-0.1, -0.05) is 19.1 Å². The van der Waals surface area contributed by atoms with Crippen molar-refractivity contribution in [3.05, 3.63) is 88.1 Å². The summed E-state index contributed by atoms with van der Waals surface area (Å²) in [5.41, 5.74) is 4.82. The van der Waals surface area contributed by atoms with Crippen LogP contribution in [0.3, 0.4) is 0 Å². The third kappa shape index (κ3) is 7.16. The molecule has 1 aliphatic heterocycles. The number of nitrogens with zero attached hydrogens (tertiary/aromatic N) is 2. The number of aromatic nitrogens is 1. The zero-order valence-corrected chi connectivity index (χ0v) is 23.9. The molecule has 0 radical (unpaired) electrons. The lowest BCUT2D eigenvalue weighted by molar-refractivity contribution is -0.139. The van der Waals surface area contributed by atoms with Crippen LogP contribution in [0.2, 0.25) is 0 Å². The van der Waals surface area contributed by atoms with Gasteiger partial charge >= 0.3 is 5.97 Å². The van der Waals surface area contributed by atoms with E-state index in [1.54, 1.807) is 42.3 Å². The van der Waals surface area contributed by atoms with Crippen LogP contribution in [-0.4, -0.2) is 52.8 Å². The molecule has 4 rings (SSSR count). The minimum Gasteiger partial charge on any atom is -0.480 e. The number of benzene rings is 2. The first-order valence-corrected chi connectivity index (χ1v) is 13.8. The van der Waals surface area contributed by atoms with Crippen LogP contribution >= 0.6 is 0 Å². The van der Waals surface area contributed by atoms with Crippen LogP contribution in [-0.2, 0) is 22.4 Å². The van der Waals surface area contributed by atoms with E-state index in [-0.39, 0.29) is 24.0 Å². The predicted molar refractivity (Wildman–Crippen MR) is 158 cm³/mol. The number of ketones is 1. The zero-order valence-electron chi connectivity index (χ0n) is 23.9. The fourth-order valence-corrected chi connectivity index (χ4v) is 5.19. The van der Waals surface area contributed by atoms with E-state index in [0.717, 1.165) is 22.6 Å². The maximum Gasteiger partial charge on any atom is 0.326 e. The Bertz CT molecular complexity index is 1470. The van der Waals surface area contributed by atoms with Crippen molar-refractivity contribution in [2.75, 3.05) is 23.3 Å². The van der Waals surface area contributed by atoms with Gasteiger partial charge in [-0.2, -0.15) is 0 Å². The van der Waals surface area contributed by atoms with Crippen molar-refractivity contribution >= 4 is 35.1 Å². The molecule has 2 unspecified atom stereocenters. The molecule has 3 aromatic rings. The van der Waals surface area contributed by atoms with Gasteiger partial charge in [-0.25, -0.2) is 9.78 Å². The van der Waals surface area contributed by atoms with E-state index in [1.165, 1.54) is 6.92 Å². The molecule has 214 valence electrons. The average Bonchev–Trinajstić information content (AvgIpc) is 3.31. The lowest BCUT2D eigenvalue weighted by Gasteiger charge is -2.20. The molecule has 3 N–H and O–H groups in total. The van der Waals surface area contributed by atoms with Crippen molar-refractivity contribution in [2.24, 2.45) is 5.92 Å². The first-order valence-electron chi connectivity index (χ1n) is 13.8. The van der Waals surface area contributed by atoms with E-state index >= 15 is 0 Å². The Morgan fingerprint density at radius 2 is 1.83 bits per heavy atom. The number of carbonyl (C=O) groups excluding carboxylic acids is 3. The van der Waals surface area contributed by atoms with Crippen LogP contribution in [0.15, 0.2) is 54.7 Å². The maximum atomic E-state index is 13.2. The Kier molecular flexibility index (Phi) is 9.17. The van der Waals surface area contributed by atoms with Crippen molar-refractivity contribution in [1.82, 2.24) is 10.3 Å². The smallest absolute Gasteiger partial charge is 0.326 e. The summed E-state index contributed by atoms with van der Waals surface area (Å²) in [7, 11) is 0. The summed E-state index contributed by atoms with van der Waals surface area (Å²) in [5, 5.41) is 15.8. The Labute approximate surface area is 240 Å². The highest BCUT2D eigenvalue weighted by atomic mass is 16.4. The summed E-state index contributed by atoms with van der Waals surface area (Å²) in [5.74, 6) is -0.765. The number of aliphatic carboxylic acids is 1. The number of carboxylic acids is 1. The second kappa shape index (κ2) is 12.8. The molecular formula is C32H36N4O5. The van der Waals surface area contributed by atoms with Gasteiger partial charge in [0.1, 0.15) is 11.9 Å². The molecule has 1 fully saturated rings. The standard InChI is InChI=1S/C32H36N4O5/c1-5-24-16-25(21(4)37)13-20(3)30(24)31(39)35-27(32(40)41)14-22-6-8-26(9-7-22)36-18-23(15-29(36)38)17-34-28-12-19(2)10-11-33-28/h6-13,16,23,27H,5,14-15,17-18H2,1-4H3,(H,33,34)(H,35,39)(H,40,41). The van der Waals surface area contributed by atoms with E-state index in [1.807, 2.05) is 38.1 Å². The highest BCUT2D eigenvalue weighted by Crippen LogP contribution is 2.26. The summed E-state index contributed by atoms with van der Waals surface area (Å²) < 4.78 is 0. The Morgan fingerprint density at radius 1 is 1.10 bits per heavy atom. The van der Waals surface area contributed by atoms with Gasteiger partial charge < -0.3 is 20.6 Å². The molecule has 0 bridgehead atoms. The van der Waals surface area contributed by atoms with Crippen molar-refractivity contribution in [1.29, 1.82) is 0 Å².